The van der Waals surface area contributed by atoms with Crippen LogP contribution in [0.25, 0.3) is 0 Å². The number of thioether (sulfide) groups is 1. The number of hydrogen-bond donors (Lipinski definition) is 0. The van der Waals surface area contributed by atoms with Crippen LogP contribution in [0.15, 0.2) is 29.2 Å². The first-order valence-electron chi connectivity index (χ1n) is 8.60. The predicted octanol–water partition coefficient (Wildman–Crippen LogP) is 2.62. The summed E-state index contributed by atoms with van der Waals surface area (Å²) >= 11 is 1.82. The monoisotopic (exact) mass is 319 g/mol. The van der Waals surface area contributed by atoms with Gasteiger partial charge in [0.2, 0.25) is 0 Å². The first kappa shape index (κ1) is 16.3. The smallest absolute Gasteiger partial charge is 0.0236 e. The highest BCUT2D eigenvalue weighted by atomic mass is 32.2. The van der Waals surface area contributed by atoms with E-state index in [2.05, 4.69) is 52.1 Å². The Bertz CT molecular complexity index is 454. The van der Waals surface area contributed by atoms with Crippen LogP contribution >= 0.6 is 11.8 Å². The molecule has 1 aromatic carbocycles. The standard InChI is InChI=1S/C18H29N3S/c1-3-19-10-12-21(13-11-19)17-8-9-20(15-17)14-16-4-6-18(22-2)7-5-16/h4-7,17H,3,8-15H2,1-2H3. The van der Waals surface area contributed by atoms with Gasteiger partial charge in [-0.3, -0.25) is 9.80 Å². The predicted molar refractivity (Wildman–Crippen MR) is 95.6 cm³/mol. The number of piperazine rings is 1. The van der Waals surface area contributed by atoms with E-state index in [-0.39, 0.29) is 0 Å². The van der Waals surface area contributed by atoms with Crippen molar-refractivity contribution in [3.8, 4) is 0 Å². The molecule has 2 heterocycles. The Hall–Kier alpha value is -0.550. The molecule has 0 radical (unpaired) electrons. The molecule has 0 aromatic heterocycles. The Labute approximate surface area is 139 Å². The Morgan fingerprint density at radius 3 is 2.36 bits per heavy atom. The van der Waals surface area contributed by atoms with Crippen molar-refractivity contribution in [2.75, 3.05) is 52.1 Å². The van der Waals surface area contributed by atoms with Crippen molar-refractivity contribution in [1.29, 1.82) is 0 Å². The molecule has 0 spiro atoms. The zero-order valence-electron chi connectivity index (χ0n) is 14.0. The molecular weight excluding hydrogens is 290 g/mol. The van der Waals surface area contributed by atoms with Crippen LogP contribution in [0.5, 0.6) is 0 Å². The summed E-state index contributed by atoms with van der Waals surface area (Å²) in [6.07, 6.45) is 3.48. The molecule has 0 bridgehead atoms. The van der Waals surface area contributed by atoms with E-state index < -0.39 is 0 Å². The third-order valence-corrected chi connectivity index (χ3v) is 5.93. The van der Waals surface area contributed by atoms with Crippen molar-refractivity contribution >= 4 is 11.8 Å². The van der Waals surface area contributed by atoms with Gasteiger partial charge in [-0.25, -0.2) is 0 Å². The fourth-order valence-corrected chi connectivity index (χ4v) is 4.10. The van der Waals surface area contributed by atoms with Crippen molar-refractivity contribution in [1.82, 2.24) is 14.7 Å². The number of likely N-dealkylation sites (N-methyl/N-ethyl adjacent to an activating group) is 1. The molecule has 4 heteroatoms. The first-order valence-corrected chi connectivity index (χ1v) is 9.82. The lowest BCUT2D eigenvalue weighted by Gasteiger charge is -2.37. The maximum atomic E-state index is 2.73. The molecule has 1 unspecified atom stereocenters. The first-order chi connectivity index (χ1) is 10.8. The highest BCUT2D eigenvalue weighted by molar-refractivity contribution is 7.98. The van der Waals surface area contributed by atoms with Gasteiger partial charge in [0, 0.05) is 56.8 Å². The second-order valence-electron chi connectivity index (χ2n) is 6.50. The summed E-state index contributed by atoms with van der Waals surface area (Å²) in [7, 11) is 0. The molecule has 122 valence electrons. The van der Waals surface area contributed by atoms with Crippen LogP contribution in [0.2, 0.25) is 0 Å². The van der Waals surface area contributed by atoms with Crippen molar-refractivity contribution in [3.63, 3.8) is 0 Å². The summed E-state index contributed by atoms with van der Waals surface area (Å²) in [6.45, 7) is 12.1. The van der Waals surface area contributed by atoms with Gasteiger partial charge in [0.05, 0.1) is 0 Å². The summed E-state index contributed by atoms with van der Waals surface area (Å²) in [5.41, 5.74) is 1.45. The Kier molecular flexibility index (Phi) is 5.80. The molecule has 0 saturated carbocycles. The van der Waals surface area contributed by atoms with E-state index in [4.69, 9.17) is 0 Å². The quantitative estimate of drug-likeness (QED) is 0.772. The minimum atomic E-state index is 0.782. The molecule has 3 rings (SSSR count). The van der Waals surface area contributed by atoms with Crippen LogP contribution in [-0.4, -0.2) is 72.8 Å². The van der Waals surface area contributed by atoms with Gasteiger partial charge < -0.3 is 4.90 Å². The zero-order chi connectivity index (χ0) is 15.4. The zero-order valence-corrected chi connectivity index (χ0v) is 14.8. The van der Waals surface area contributed by atoms with E-state index >= 15 is 0 Å². The number of benzene rings is 1. The number of likely N-dealkylation sites (tertiary alicyclic amines) is 1. The van der Waals surface area contributed by atoms with Gasteiger partial charge in [0.1, 0.15) is 0 Å². The lowest BCUT2D eigenvalue weighted by atomic mass is 10.2. The van der Waals surface area contributed by atoms with Gasteiger partial charge in [-0.1, -0.05) is 19.1 Å². The normalized spacial score (nSPS) is 24.9. The number of rotatable bonds is 5. The molecule has 0 aliphatic carbocycles. The van der Waals surface area contributed by atoms with Crippen LogP contribution in [0.4, 0.5) is 0 Å². The Morgan fingerprint density at radius 1 is 1.00 bits per heavy atom. The maximum absolute atomic E-state index is 2.73. The van der Waals surface area contributed by atoms with Crippen LogP contribution in [0.1, 0.15) is 18.9 Å². The largest absolute Gasteiger partial charge is 0.301 e. The second-order valence-corrected chi connectivity index (χ2v) is 7.38. The third kappa shape index (κ3) is 4.05. The lowest BCUT2D eigenvalue weighted by molar-refractivity contribution is 0.101. The van der Waals surface area contributed by atoms with Crippen molar-refractivity contribution in [2.24, 2.45) is 0 Å². The SMILES string of the molecule is CCN1CCN(C2CCN(Cc3ccc(SC)cc3)C2)CC1. The highest BCUT2D eigenvalue weighted by Crippen LogP contribution is 2.21. The van der Waals surface area contributed by atoms with E-state index in [0.717, 1.165) is 12.6 Å². The molecule has 22 heavy (non-hydrogen) atoms. The summed E-state index contributed by atoms with van der Waals surface area (Å²) in [5, 5.41) is 0. The fourth-order valence-electron chi connectivity index (χ4n) is 3.69. The minimum Gasteiger partial charge on any atom is -0.301 e. The van der Waals surface area contributed by atoms with E-state index in [0.29, 0.717) is 0 Å². The van der Waals surface area contributed by atoms with Gasteiger partial charge in [0.15, 0.2) is 0 Å². The molecule has 0 amide bonds. The van der Waals surface area contributed by atoms with E-state index in [9.17, 15) is 0 Å². The van der Waals surface area contributed by atoms with Crippen molar-refractivity contribution < 1.29 is 0 Å². The number of hydrogen-bond acceptors (Lipinski definition) is 4. The molecule has 2 saturated heterocycles. The average Bonchev–Trinajstić information content (AvgIpc) is 3.04. The molecule has 3 nitrogen and oxygen atoms in total. The Balaban J connectivity index is 1.47. The maximum Gasteiger partial charge on any atom is 0.0236 e. The molecule has 0 N–H and O–H groups in total. The van der Waals surface area contributed by atoms with E-state index in [1.54, 1.807) is 0 Å². The summed E-state index contributed by atoms with van der Waals surface area (Å²) < 4.78 is 0. The van der Waals surface area contributed by atoms with Crippen LogP contribution in [0, 0.1) is 0 Å². The van der Waals surface area contributed by atoms with Gasteiger partial charge in [0.25, 0.3) is 0 Å². The van der Waals surface area contributed by atoms with Crippen LogP contribution in [0.3, 0.4) is 0 Å². The Morgan fingerprint density at radius 2 is 1.73 bits per heavy atom. The summed E-state index contributed by atoms with van der Waals surface area (Å²) in [4.78, 5) is 9.28. The number of nitrogens with zero attached hydrogens (tertiary/aromatic N) is 3. The van der Waals surface area contributed by atoms with Gasteiger partial charge >= 0.3 is 0 Å². The minimum absolute atomic E-state index is 0.782. The van der Waals surface area contributed by atoms with Crippen molar-refractivity contribution in [2.45, 2.75) is 30.8 Å². The third-order valence-electron chi connectivity index (χ3n) is 5.18. The molecule has 2 aliphatic heterocycles. The topological polar surface area (TPSA) is 9.72 Å². The summed E-state index contributed by atoms with van der Waals surface area (Å²) in [6, 6.07) is 9.86. The molecule has 2 aliphatic rings. The highest BCUT2D eigenvalue weighted by Gasteiger charge is 2.29. The molecular formula is C18H29N3S. The van der Waals surface area contributed by atoms with Gasteiger partial charge in [-0.2, -0.15) is 0 Å². The fraction of sp³-hybridized carbons (Fsp3) is 0.667. The second kappa shape index (κ2) is 7.82. The summed E-state index contributed by atoms with van der Waals surface area (Å²) in [5.74, 6) is 0. The van der Waals surface area contributed by atoms with Crippen molar-refractivity contribution in [3.05, 3.63) is 29.8 Å². The average molecular weight is 320 g/mol. The lowest BCUT2D eigenvalue weighted by Crippen LogP contribution is -2.50. The van der Waals surface area contributed by atoms with E-state index in [1.807, 2.05) is 11.8 Å². The van der Waals surface area contributed by atoms with E-state index in [1.165, 1.54) is 62.7 Å². The van der Waals surface area contributed by atoms with Crippen LogP contribution < -0.4 is 0 Å². The van der Waals surface area contributed by atoms with Gasteiger partial charge in [-0.05, 0) is 36.9 Å². The molecule has 1 atom stereocenters. The van der Waals surface area contributed by atoms with Gasteiger partial charge in [-0.15, -0.1) is 11.8 Å². The molecule has 1 aromatic rings. The van der Waals surface area contributed by atoms with Crippen LogP contribution in [-0.2, 0) is 6.54 Å². The molecule has 2 fully saturated rings.